The van der Waals surface area contributed by atoms with E-state index in [-0.39, 0.29) is 23.1 Å². The molecule has 0 aliphatic carbocycles. The molecule has 0 bridgehead atoms. The van der Waals surface area contributed by atoms with E-state index in [1.54, 1.807) is 0 Å². The zero-order valence-electron chi connectivity index (χ0n) is 7.94. The van der Waals surface area contributed by atoms with Gasteiger partial charge >= 0.3 is 6.18 Å². The zero-order chi connectivity index (χ0) is 12.3. The van der Waals surface area contributed by atoms with Crippen LogP contribution < -0.4 is 0 Å². The number of ketones is 1. The zero-order valence-corrected chi connectivity index (χ0v) is 10.3. The lowest BCUT2D eigenvalue weighted by molar-refractivity contribution is -0.137. The van der Waals surface area contributed by atoms with Gasteiger partial charge < -0.3 is 0 Å². The van der Waals surface area contributed by atoms with Crippen LogP contribution in [0.25, 0.3) is 0 Å². The third-order valence-corrected chi connectivity index (χ3v) is 2.99. The van der Waals surface area contributed by atoms with Crippen LogP contribution in [-0.4, -0.2) is 11.1 Å². The fourth-order valence-corrected chi connectivity index (χ4v) is 1.69. The number of hydrogen-bond acceptors (Lipinski definition) is 1. The molecular weight excluding hydrogens is 308 g/mol. The first-order valence-corrected chi connectivity index (χ1v) is 5.78. The molecule has 0 aromatic heterocycles. The average molecular weight is 316 g/mol. The van der Waals surface area contributed by atoms with Gasteiger partial charge in [0.25, 0.3) is 0 Å². The summed E-state index contributed by atoms with van der Waals surface area (Å²) in [4.78, 5) is 11.1. The van der Waals surface area contributed by atoms with Gasteiger partial charge in [-0.25, -0.2) is 0 Å². The number of alkyl halides is 4. The Morgan fingerprint density at radius 1 is 1.38 bits per heavy atom. The topological polar surface area (TPSA) is 17.1 Å². The van der Waals surface area contributed by atoms with Crippen molar-refractivity contribution >= 4 is 33.3 Å². The SMILES string of the molecule is O=C(CBr)Cc1cccc(C(F)(F)F)c1Cl. The monoisotopic (exact) mass is 314 g/mol. The van der Waals surface area contributed by atoms with Crippen LogP contribution in [0, 0.1) is 0 Å². The third-order valence-electron chi connectivity index (χ3n) is 1.92. The van der Waals surface area contributed by atoms with Gasteiger partial charge in [0.05, 0.1) is 15.9 Å². The molecule has 0 saturated heterocycles. The van der Waals surface area contributed by atoms with Crippen LogP contribution in [0.2, 0.25) is 5.02 Å². The Balaban J connectivity index is 3.09. The molecule has 1 rings (SSSR count). The third kappa shape index (κ3) is 3.22. The molecule has 0 aliphatic rings. The molecule has 0 radical (unpaired) electrons. The van der Waals surface area contributed by atoms with Crippen LogP contribution in [0.4, 0.5) is 13.2 Å². The van der Waals surface area contributed by atoms with Gasteiger partial charge in [-0.15, -0.1) is 0 Å². The van der Waals surface area contributed by atoms with E-state index in [1.165, 1.54) is 12.1 Å². The number of carbonyl (C=O) groups is 1. The molecule has 0 aliphatic heterocycles. The van der Waals surface area contributed by atoms with E-state index in [4.69, 9.17) is 11.6 Å². The first-order valence-electron chi connectivity index (χ1n) is 4.28. The molecule has 0 saturated carbocycles. The first kappa shape index (κ1) is 13.5. The Bertz CT molecular complexity index is 404. The fourth-order valence-electron chi connectivity index (χ4n) is 1.19. The highest BCUT2D eigenvalue weighted by Crippen LogP contribution is 2.36. The Kier molecular flexibility index (Phi) is 4.38. The van der Waals surface area contributed by atoms with Gasteiger partial charge in [-0.3, -0.25) is 4.79 Å². The van der Waals surface area contributed by atoms with Crippen molar-refractivity contribution in [1.29, 1.82) is 0 Å². The van der Waals surface area contributed by atoms with Gasteiger partial charge in [-0.1, -0.05) is 39.7 Å². The van der Waals surface area contributed by atoms with Crippen LogP contribution in [0.15, 0.2) is 18.2 Å². The second kappa shape index (κ2) is 5.19. The van der Waals surface area contributed by atoms with Gasteiger partial charge in [0.2, 0.25) is 0 Å². The summed E-state index contributed by atoms with van der Waals surface area (Å²) >= 11 is 8.55. The van der Waals surface area contributed by atoms with Crippen LogP contribution in [-0.2, 0) is 17.4 Å². The van der Waals surface area contributed by atoms with Crippen molar-refractivity contribution in [1.82, 2.24) is 0 Å². The number of rotatable bonds is 3. The van der Waals surface area contributed by atoms with Crippen molar-refractivity contribution in [2.45, 2.75) is 12.6 Å². The summed E-state index contributed by atoms with van der Waals surface area (Å²) in [6.07, 6.45) is -4.60. The highest BCUT2D eigenvalue weighted by atomic mass is 79.9. The minimum atomic E-state index is -4.50. The molecule has 0 amide bonds. The maximum absolute atomic E-state index is 12.5. The predicted octanol–water partition coefficient (Wildman–Crippen LogP) is 3.87. The van der Waals surface area contributed by atoms with Crippen molar-refractivity contribution < 1.29 is 18.0 Å². The van der Waals surface area contributed by atoms with Crippen molar-refractivity contribution in [3.05, 3.63) is 34.3 Å². The molecule has 0 N–H and O–H groups in total. The molecule has 0 fully saturated rings. The van der Waals surface area contributed by atoms with Crippen LogP contribution in [0.1, 0.15) is 11.1 Å². The summed E-state index contributed by atoms with van der Waals surface area (Å²) in [7, 11) is 0. The molecule has 0 unspecified atom stereocenters. The number of carbonyl (C=O) groups excluding carboxylic acids is 1. The largest absolute Gasteiger partial charge is 0.417 e. The minimum Gasteiger partial charge on any atom is -0.298 e. The molecule has 16 heavy (non-hydrogen) atoms. The van der Waals surface area contributed by atoms with Crippen molar-refractivity contribution in [3.63, 3.8) is 0 Å². The van der Waals surface area contributed by atoms with E-state index in [1.807, 2.05) is 0 Å². The molecule has 6 heteroatoms. The summed E-state index contributed by atoms with van der Waals surface area (Å²) in [5.41, 5.74) is -0.713. The smallest absolute Gasteiger partial charge is 0.298 e. The summed E-state index contributed by atoms with van der Waals surface area (Å²) in [6, 6.07) is 3.55. The number of Topliss-reactive ketones (excluding diaryl/α,β-unsaturated/α-hetero) is 1. The van der Waals surface area contributed by atoms with E-state index in [2.05, 4.69) is 15.9 Å². The van der Waals surface area contributed by atoms with Gasteiger partial charge in [0.15, 0.2) is 0 Å². The van der Waals surface area contributed by atoms with Crippen LogP contribution >= 0.6 is 27.5 Å². The van der Waals surface area contributed by atoms with Gasteiger partial charge in [0, 0.05) is 6.42 Å². The summed E-state index contributed by atoms with van der Waals surface area (Å²) in [5.74, 6) is -0.221. The lowest BCUT2D eigenvalue weighted by Crippen LogP contribution is -2.09. The summed E-state index contributed by atoms with van der Waals surface area (Å²) in [6.45, 7) is 0. The lowest BCUT2D eigenvalue weighted by Gasteiger charge is -2.11. The molecule has 0 spiro atoms. The van der Waals surface area contributed by atoms with Crippen LogP contribution in [0.5, 0.6) is 0 Å². The highest BCUT2D eigenvalue weighted by molar-refractivity contribution is 9.09. The van der Waals surface area contributed by atoms with E-state index in [0.29, 0.717) is 0 Å². The number of halogens is 5. The lowest BCUT2D eigenvalue weighted by atomic mass is 10.1. The van der Waals surface area contributed by atoms with Gasteiger partial charge in [-0.2, -0.15) is 13.2 Å². The molecule has 1 nitrogen and oxygen atoms in total. The number of benzene rings is 1. The molecule has 1 aromatic rings. The summed E-state index contributed by atoms with van der Waals surface area (Å²) in [5, 5.41) is -0.302. The molecular formula is C10H7BrClF3O. The van der Waals surface area contributed by atoms with Gasteiger partial charge in [-0.05, 0) is 11.6 Å². The van der Waals surface area contributed by atoms with Gasteiger partial charge in [0.1, 0.15) is 5.78 Å². The minimum absolute atomic E-state index is 0.0968. The Hall–Kier alpha value is -0.550. The molecule has 1 aromatic carbocycles. The van der Waals surface area contributed by atoms with E-state index < -0.39 is 16.8 Å². The van der Waals surface area contributed by atoms with Crippen LogP contribution in [0.3, 0.4) is 0 Å². The van der Waals surface area contributed by atoms with E-state index >= 15 is 0 Å². The predicted molar refractivity (Wildman–Crippen MR) is 59.0 cm³/mol. The van der Waals surface area contributed by atoms with Crippen molar-refractivity contribution in [2.24, 2.45) is 0 Å². The Labute approximate surface area is 104 Å². The maximum Gasteiger partial charge on any atom is 0.417 e. The second-order valence-electron chi connectivity index (χ2n) is 3.13. The molecule has 88 valence electrons. The van der Waals surface area contributed by atoms with E-state index in [9.17, 15) is 18.0 Å². The van der Waals surface area contributed by atoms with E-state index in [0.717, 1.165) is 6.07 Å². The fraction of sp³-hybridized carbons (Fsp3) is 0.300. The molecule has 0 heterocycles. The summed E-state index contributed by atoms with van der Waals surface area (Å²) < 4.78 is 37.4. The molecule has 0 atom stereocenters. The van der Waals surface area contributed by atoms with Crippen molar-refractivity contribution in [3.8, 4) is 0 Å². The number of hydrogen-bond donors (Lipinski definition) is 0. The average Bonchev–Trinajstić information content (AvgIpc) is 2.19. The quantitative estimate of drug-likeness (QED) is 0.774. The Morgan fingerprint density at radius 2 is 2.00 bits per heavy atom. The Morgan fingerprint density at radius 3 is 2.50 bits per heavy atom. The highest BCUT2D eigenvalue weighted by Gasteiger charge is 2.33. The van der Waals surface area contributed by atoms with Crippen molar-refractivity contribution in [2.75, 3.05) is 5.33 Å². The standard InChI is InChI=1S/C10H7BrClF3O/c11-5-7(16)4-6-2-1-3-8(9(6)12)10(13,14)15/h1-3H,4-5H2. The first-order chi connectivity index (χ1) is 7.36. The normalized spacial score (nSPS) is 11.6. The second-order valence-corrected chi connectivity index (χ2v) is 4.06. The maximum atomic E-state index is 12.5.